The third-order valence-electron chi connectivity index (χ3n) is 5.51. The fourth-order valence-corrected chi connectivity index (χ4v) is 3.47. The second-order valence-corrected chi connectivity index (χ2v) is 8.65. The van der Waals surface area contributed by atoms with E-state index in [9.17, 15) is 29.1 Å². The van der Waals surface area contributed by atoms with Crippen LogP contribution in [-0.4, -0.2) is 81.9 Å². The molecule has 1 aromatic rings. The fraction of sp³-hybridized carbons (Fsp3) is 0.636. The van der Waals surface area contributed by atoms with Gasteiger partial charge in [0.05, 0.1) is 18.8 Å². The zero-order chi connectivity index (χ0) is 27.8. The van der Waals surface area contributed by atoms with Gasteiger partial charge in [0.1, 0.15) is 18.1 Å². The lowest BCUT2D eigenvalue weighted by Crippen LogP contribution is -2.57. The van der Waals surface area contributed by atoms with Crippen molar-refractivity contribution in [3.8, 4) is 0 Å². The average Bonchev–Trinajstić information content (AvgIpc) is 3.34. The number of nitrogens with zero attached hydrogens (tertiary/aromatic N) is 1. The lowest BCUT2D eigenvalue weighted by Gasteiger charge is -2.25. The molecular formula is C22H39N9O6. The maximum absolute atomic E-state index is 13.1. The molecule has 4 atom stereocenters. The van der Waals surface area contributed by atoms with Gasteiger partial charge >= 0.3 is 5.97 Å². The van der Waals surface area contributed by atoms with E-state index >= 15 is 0 Å². The normalized spacial score (nSPS) is 14.1. The summed E-state index contributed by atoms with van der Waals surface area (Å²) >= 11 is 0. The van der Waals surface area contributed by atoms with Crippen molar-refractivity contribution < 1.29 is 29.1 Å². The van der Waals surface area contributed by atoms with Crippen molar-refractivity contribution in [3.63, 3.8) is 0 Å². The van der Waals surface area contributed by atoms with Crippen molar-refractivity contribution in [3.05, 3.63) is 18.2 Å². The fourth-order valence-electron chi connectivity index (χ4n) is 3.47. The number of hydrogen-bond donors (Lipinski definition) is 9. The number of amides is 4. The number of carbonyl (C=O) groups is 5. The molecule has 4 amide bonds. The number of H-pyrrole nitrogens is 1. The lowest BCUT2D eigenvalue weighted by molar-refractivity contribution is -0.142. The summed E-state index contributed by atoms with van der Waals surface area (Å²) in [6.45, 7) is 0.735. The summed E-state index contributed by atoms with van der Waals surface area (Å²) in [6.07, 6.45) is 4.92. The highest BCUT2D eigenvalue weighted by Crippen LogP contribution is 2.06. The van der Waals surface area contributed by atoms with Crippen LogP contribution in [0.3, 0.4) is 0 Å². The van der Waals surface area contributed by atoms with E-state index in [0.29, 0.717) is 44.5 Å². The highest BCUT2D eigenvalue weighted by molar-refractivity contribution is 5.96. The predicted molar refractivity (Wildman–Crippen MR) is 133 cm³/mol. The Hall–Kier alpha value is -3.56. The summed E-state index contributed by atoms with van der Waals surface area (Å²) in [5.74, 6) is -4.41. The van der Waals surface area contributed by atoms with E-state index in [-0.39, 0.29) is 19.3 Å². The SMILES string of the molecule is NCCCCC(NC(=O)C(CC(N)=O)NC(=O)C(CCCCN)NC(=O)C(N)Cc1cnc[nH]1)C(=O)O. The molecule has 1 heterocycles. The van der Waals surface area contributed by atoms with Crippen LogP contribution < -0.4 is 38.9 Å². The van der Waals surface area contributed by atoms with E-state index in [4.69, 9.17) is 22.9 Å². The van der Waals surface area contributed by atoms with Crippen LogP contribution in [0.15, 0.2) is 12.5 Å². The van der Waals surface area contributed by atoms with Crippen molar-refractivity contribution in [2.75, 3.05) is 13.1 Å². The minimum Gasteiger partial charge on any atom is -0.480 e. The van der Waals surface area contributed by atoms with Gasteiger partial charge in [-0.05, 0) is 51.6 Å². The largest absolute Gasteiger partial charge is 0.480 e. The number of carboxylic acids is 1. The molecule has 0 fully saturated rings. The van der Waals surface area contributed by atoms with Gasteiger partial charge < -0.3 is 49.0 Å². The van der Waals surface area contributed by atoms with E-state index in [1.807, 2.05) is 0 Å². The molecule has 0 bridgehead atoms. The second kappa shape index (κ2) is 17.0. The van der Waals surface area contributed by atoms with E-state index < -0.39 is 60.2 Å². The number of carboxylic acid groups (broad SMARTS) is 1. The summed E-state index contributed by atoms with van der Waals surface area (Å²) in [5, 5.41) is 16.7. The smallest absolute Gasteiger partial charge is 0.326 e. The summed E-state index contributed by atoms with van der Waals surface area (Å²) in [6, 6.07) is -4.77. The number of aliphatic carboxylic acids is 1. The molecule has 1 aromatic heterocycles. The van der Waals surface area contributed by atoms with Crippen molar-refractivity contribution in [1.29, 1.82) is 0 Å². The van der Waals surface area contributed by atoms with Crippen molar-refractivity contribution in [1.82, 2.24) is 25.9 Å². The summed E-state index contributed by atoms with van der Waals surface area (Å²) in [4.78, 5) is 68.3. The maximum atomic E-state index is 13.1. The molecule has 1 rings (SSSR count). The van der Waals surface area contributed by atoms with E-state index in [1.165, 1.54) is 12.5 Å². The number of nitrogens with two attached hydrogens (primary N) is 4. The standard InChI is InChI=1S/C22H39N9O6/c23-7-3-1-5-15(29-19(33)14(25)9-13-11-27-12-28-13)20(34)31-17(10-18(26)32)21(35)30-16(22(36)37)6-2-4-8-24/h11-12,14-17H,1-10,23-25H2,(H2,26,32)(H,27,28)(H,29,33)(H,30,35)(H,31,34)(H,36,37). The summed E-state index contributed by atoms with van der Waals surface area (Å²) < 4.78 is 0. The van der Waals surface area contributed by atoms with Crippen molar-refractivity contribution in [2.45, 2.75) is 75.5 Å². The van der Waals surface area contributed by atoms with Gasteiger partial charge in [-0.3, -0.25) is 19.2 Å². The molecule has 13 N–H and O–H groups in total. The van der Waals surface area contributed by atoms with E-state index in [1.54, 1.807) is 0 Å². The van der Waals surface area contributed by atoms with Crippen LogP contribution in [0, 0.1) is 0 Å². The summed E-state index contributed by atoms with van der Waals surface area (Å²) in [7, 11) is 0. The van der Waals surface area contributed by atoms with Crippen LogP contribution in [-0.2, 0) is 30.4 Å². The number of primary amides is 1. The van der Waals surface area contributed by atoms with Crippen LogP contribution >= 0.6 is 0 Å². The number of carbonyl (C=O) groups excluding carboxylic acids is 4. The van der Waals surface area contributed by atoms with Gasteiger partial charge in [0.15, 0.2) is 0 Å². The number of rotatable bonds is 19. The van der Waals surface area contributed by atoms with Gasteiger partial charge in [-0.25, -0.2) is 9.78 Å². The highest BCUT2D eigenvalue weighted by atomic mass is 16.4. The Bertz CT molecular complexity index is 880. The molecule has 37 heavy (non-hydrogen) atoms. The third kappa shape index (κ3) is 12.3. The molecule has 0 spiro atoms. The van der Waals surface area contributed by atoms with Gasteiger partial charge in [0.2, 0.25) is 23.6 Å². The number of aromatic amines is 1. The Labute approximate surface area is 214 Å². The first-order valence-electron chi connectivity index (χ1n) is 12.1. The molecule has 0 aliphatic rings. The van der Waals surface area contributed by atoms with Crippen LogP contribution in [0.1, 0.15) is 50.6 Å². The Kier molecular flexibility index (Phi) is 14.5. The monoisotopic (exact) mass is 525 g/mol. The number of imidazole rings is 1. The average molecular weight is 526 g/mol. The van der Waals surface area contributed by atoms with Gasteiger partial charge in [-0.15, -0.1) is 0 Å². The lowest BCUT2D eigenvalue weighted by atomic mass is 10.0. The summed E-state index contributed by atoms with van der Waals surface area (Å²) in [5.41, 5.74) is 22.8. The number of unbranched alkanes of at least 4 members (excludes halogenated alkanes) is 2. The quantitative estimate of drug-likeness (QED) is 0.0823. The van der Waals surface area contributed by atoms with Gasteiger partial charge in [0, 0.05) is 18.3 Å². The van der Waals surface area contributed by atoms with Crippen LogP contribution in [0.5, 0.6) is 0 Å². The predicted octanol–water partition coefficient (Wildman–Crippen LogP) is -3.05. The molecule has 0 aromatic carbocycles. The molecule has 0 saturated heterocycles. The molecule has 208 valence electrons. The number of nitrogens with one attached hydrogen (secondary N) is 4. The highest BCUT2D eigenvalue weighted by Gasteiger charge is 2.31. The molecule has 0 saturated carbocycles. The third-order valence-corrected chi connectivity index (χ3v) is 5.51. The van der Waals surface area contributed by atoms with Crippen molar-refractivity contribution in [2.24, 2.45) is 22.9 Å². The molecule has 15 heteroatoms. The number of hydrogen-bond acceptors (Lipinski definition) is 9. The Morgan fingerprint density at radius 1 is 0.865 bits per heavy atom. The zero-order valence-electron chi connectivity index (χ0n) is 20.8. The van der Waals surface area contributed by atoms with Crippen LogP contribution in [0.2, 0.25) is 0 Å². The minimum atomic E-state index is -1.45. The van der Waals surface area contributed by atoms with Crippen LogP contribution in [0.25, 0.3) is 0 Å². The van der Waals surface area contributed by atoms with Crippen molar-refractivity contribution >= 4 is 29.6 Å². The Balaban J connectivity index is 2.93. The van der Waals surface area contributed by atoms with Gasteiger partial charge in [-0.1, -0.05) is 0 Å². The minimum absolute atomic E-state index is 0.113. The molecule has 4 unspecified atom stereocenters. The molecular weight excluding hydrogens is 486 g/mol. The van der Waals surface area contributed by atoms with Gasteiger partial charge in [0.25, 0.3) is 0 Å². The molecule has 0 aliphatic heterocycles. The zero-order valence-corrected chi connectivity index (χ0v) is 20.8. The Morgan fingerprint density at radius 2 is 1.41 bits per heavy atom. The van der Waals surface area contributed by atoms with Crippen LogP contribution in [0.4, 0.5) is 0 Å². The first kappa shape index (κ1) is 31.5. The second-order valence-electron chi connectivity index (χ2n) is 8.65. The first-order chi connectivity index (χ1) is 17.6. The molecule has 0 aliphatic carbocycles. The first-order valence-corrected chi connectivity index (χ1v) is 12.1. The van der Waals surface area contributed by atoms with E-state index in [0.717, 1.165) is 0 Å². The molecule has 0 radical (unpaired) electrons. The number of aromatic nitrogens is 2. The molecule has 15 nitrogen and oxygen atoms in total. The Morgan fingerprint density at radius 3 is 1.92 bits per heavy atom. The van der Waals surface area contributed by atoms with E-state index in [2.05, 4.69) is 25.9 Å². The maximum Gasteiger partial charge on any atom is 0.326 e. The topological polar surface area (TPSA) is 274 Å². The van der Waals surface area contributed by atoms with Gasteiger partial charge in [-0.2, -0.15) is 0 Å².